The number of nitrogens with zero attached hydrogens (tertiary/aromatic N) is 2. The van der Waals surface area contributed by atoms with Crippen LogP contribution >= 0.6 is 11.3 Å². The highest BCUT2D eigenvalue weighted by Crippen LogP contribution is 2.32. The average molecular weight is 358 g/mol. The summed E-state index contributed by atoms with van der Waals surface area (Å²) in [7, 11) is 0. The highest BCUT2D eigenvalue weighted by atomic mass is 32.1. The van der Waals surface area contributed by atoms with E-state index in [2.05, 4.69) is 22.4 Å². The van der Waals surface area contributed by atoms with Crippen LogP contribution < -0.4 is 0 Å². The molecule has 6 heteroatoms. The Morgan fingerprint density at radius 2 is 2.24 bits per heavy atom. The number of thiophene rings is 1. The van der Waals surface area contributed by atoms with E-state index in [9.17, 15) is 9.59 Å². The van der Waals surface area contributed by atoms with Gasteiger partial charge in [-0.1, -0.05) is 6.07 Å². The molecule has 0 N–H and O–H groups in total. The summed E-state index contributed by atoms with van der Waals surface area (Å²) in [4.78, 5) is 30.3. The molecule has 2 aliphatic rings. The first-order chi connectivity index (χ1) is 12.2. The van der Waals surface area contributed by atoms with Crippen LogP contribution in [-0.2, 0) is 11.2 Å². The third-order valence-corrected chi connectivity index (χ3v) is 6.31. The van der Waals surface area contributed by atoms with Crippen molar-refractivity contribution in [2.45, 2.75) is 31.7 Å². The number of fused-ring (bicyclic) bond motifs is 1. The summed E-state index contributed by atoms with van der Waals surface area (Å²) < 4.78 is 5.03. The van der Waals surface area contributed by atoms with E-state index in [1.807, 2.05) is 4.90 Å². The zero-order chi connectivity index (χ0) is 17.2. The molecule has 4 heterocycles. The molecule has 25 heavy (non-hydrogen) atoms. The van der Waals surface area contributed by atoms with E-state index >= 15 is 0 Å². The number of piperidine rings is 2. The van der Waals surface area contributed by atoms with Crippen LogP contribution in [0.25, 0.3) is 0 Å². The first-order valence-electron chi connectivity index (χ1n) is 8.85. The normalized spacial score (nSPS) is 23.6. The Balaban J connectivity index is 1.41. The van der Waals surface area contributed by atoms with E-state index in [0.29, 0.717) is 24.4 Å². The van der Waals surface area contributed by atoms with Crippen molar-refractivity contribution in [2.24, 2.45) is 5.92 Å². The summed E-state index contributed by atoms with van der Waals surface area (Å²) in [5.41, 5.74) is 0.611. The van der Waals surface area contributed by atoms with Gasteiger partial charge in [-0.25, -0.2) is 0 Å². The molecule has 0 aromatic carbocycles. The van der Waals surface area contributed by atoms with Crippen molar-refractivity contribution in [1.82, 2.24) is 9.80 Å². The molecule has 2 fully saturated rings. The minimum Gasteiger partial charge on any atom is -0.472 e. The van der Waals surface area contributed by atoms with Gasteiger partial charge >= 0.3 is 0 Å². The van der Waals surface area contributed by atoms with Crippen molar-refractivity contribution in [2.75, 3.05) is 19.6 Å². The largest absolute Gasteiger partial charge is 0.472 e. The van der Waals surface area contributed by atoms with Crippen molar-refractivity contribution in [1.29, 1.82) is 0 Å². The molecule has 2 atom stereocenters. The first-order valence-corrected chi connectivity index (χ1v) is 9.73. The second-order valence-electron chi connectivity index (χ2n) is 6.83. The predicted molar refractivity (Wildman–Crippen MR) is 95.5 cm³/mol. The lowest BCUT2D eigenvalue weighted by atomic mass is 9.83. The lowest BCUT2D eigenvalue weighted by Gasteiger charge is -2.47. The predicted octanol–water partition coefficient (Wildman–Crippen LogP) is 3.04. The first kappa shape index (κ1) is 16.4. The topological polar surface area (TPSA) is 53.8 Å². The van der Waals surface area contributed by atoms with Crippen LogP contribution in [-0.4, -0.2) is 47.3 Å². The molecule has 2 aromatic heterocycles. The second-order valence-corrected chi connectivity index (χ2v) is 7.87. The quantitative estimate of drug-likeness (QED) is 0.844. The maximum absolute atomic E-state index is 12.5. The van der Waals surface area contributed by atoms with E-state index < -0.39 is 0 Å². The minimum absolute atomic E-state index is 0.0363. The Hall–Kier alpha value is -2.08. The van der Waals surface area contributed by atoms with Crippen molar-refractivity contribution in [3.05, 3.63) is 46.5 Å². The number of amides is 2. The van der Waals surface area contributed by atoms with Crippen molar-refractivity contribution >= 4 is 23.2 Å². The second kappa shape index (κ2) is 7.04. The molecule has 2 aliphatic heterocycles. The number of hydrogen-bond donors (Lipinski definition) is 0. The van der Waals surface area contributed by atoms with E-state index in [-0.39, 0.29) is 17.9 Å². The molecule has 0 aliphatic carbocycles. The minimum atomic E-state index is 0.0363. The molecule has 0 bridgehead atoms. The van der Waals surface area contributed by atoms with Gasteiger partial charge < -0.3 is 14.2 Å². The van der Waals surface area contributed by atoms with E-state index in [1.165, 1.54) is 17.4 Å². The van der Waals surface area contributed by atoms with Crippen LogP contribution in [0, 0.1) is 5.92 Å². The summed E-state index contributed by atoms with van der Waals surface area (Å²) >= 11 is 1.75. The summed E-state index contributed by atoms with van der Waals surface area (Å²) in [6.07, 6.45) is 6.31. The Morgan fingerprint density at radius 3 is 3.00 bits per heavy atom. The Morgan fingerprint density at radius 1 is 1.32 bits per heavy atom. The highest BCUT2D eigenvalue weighted by molar-refractivity contribution is 7.09. The molecule has 0 radical (unpaired) electrons. The molecule has 0 unspecified atom stereocenters. The van der Waals surface area contributed by atoms with Crippen molar-refractivity contribution < 1.29 is 14.0 Å². The van der Waals surface area contributed by atoms with Crippen LogP contribution in [0.1, 0.15) is 34.5 Å². The molecule has 2 aromatic rings. The number of hydrogen-bond acceptors (Lipinski definition) is 4. The zero-order valence-electron chi connectivity index (χ0n) is 14.1. The highest BCUT2D eigenvalue weighted by Gasteiger charge is 2.40. The monoisotopic (exact) mass is 358 g/mol. The molecule has 0 saturated carbocycles. The number of likely N-dealkylation sites (tertiary alicyclic amines) is 2. The number of furan rings is 1. The maximum atomic E-state index is 12.5. The van der Waals surface area contributed by atoms with E-state index in [1.54, 1.807) is 17.4 Å². The molecular weight excluding hydrogens is 336 g/mol. The molecule has 4 rings (SSSR count). The number of carbonyl (C=O) groups is 2. The van der Waals surface area contributed by atoms with Gasteiger partial charge in [0.2, 0.25) is 5.91 Å². The maximum Gasteiger partial charge on any atom is 0.257 e. The van der Waals surface area contributed by atoms with E-state index in [4.69, 9.17) is 4.42 Å². The Bertz CT molecular complexity index is 726. The molecular formula is C19H22N2O3S. The van der Waals surface area contributed by atoms with Crippen LogP contribution in [0.3, 0.4) is 0 Å². The summed E-state index contributed by atoms with van der Waals surface area (Å²) in [5, 5.41) is 2.08. The van der Waals surface area contributed by atoms with Crippen LogP contribution in [0.2, 0.25) is 0 Å². The van der Waals surface area contributed by atoms with Gasteiger partial charge in [0.15, 0.2) is 0 Å². The van der Waals surface area contributed by atoms with Crippen molar-refractivity contribution in [3.8, 4) is 0 Å². The standard InChI is InChI=1S/C19H22N2O3S/c22-18-4-3-14-12-20(19(23)15-7-10-24-13-15)8-6-17(14)21(18)9-5-16-2-1-11-25-16/h1-2,7,10-11,13-14,17H,3-6,8-9,12H2/t14-,17+/m0/s1. The van der Waals surface area contributed by atoms with Gasteiger partial charge in [0.1, 0.15) is 6.26 Å². The summed E-state index contributed by atoms with van der Waals surface area (Å²) in [6, 6.07) is 6.17. The summed E-state index contributed by atoms with van der Waals surface area (Å²) in [6.45, 7) is 2.22. The van der Waals surface area contributed by atoms with Crippen LogP contribution in [0.15, 0.2) is 40.5 Å². The molecule has 132 valence electrons. The lowest BCUT2D eigenvalue weighted by molar-refractivity contribution is -0.140. The SMILES string of the molecule is O=C(c1ccoc1)N1CC[C@@H]2[C@@H](CCC(=O)N2CCc2cccs2)C1. The lowest BCUT2D eigenvalue weighted by Crippen LogP contribution is -2.57. The fraction of sp³-hybridized carbons (Fsp3) is 0.474. The molecule has 2 amide bonds. The van der Waals surface area contributed by atoms with Gasteiger partial charge in [-0.3, -0.25) is 9.59 Å². The van der Waals surface area contributed by atoms with Gasteiger partial charge in [0.25, 0.3) is 5.91 Å². The molecule has 0 spiro atoms. The molecule has 5 nitrogen and oxygen atoms in total. The summed E-state index contributed by atoms with van der Waals surface area (Å²) in [5.74, 6) is 0.687. The van der Waals surface area contributed by atoms with Gasteiger partial charge in [-0.15, -0.1) is 11.3 Å². The Labute approximate surface area is 151 Å². The number of carbonyl (C=O) groups excluding carboxylic acids is 2. The van der Waals surface area contributed by atoms with Crippen LogP contribution in [0.5, 0.6) is 0 Å². The smallest absolute Gasteiger partial charge is 0.257 e. The fourth-order valence-electron chi connectivity index (χ4n) is 4.08. The number of rotatable bonds is 4. The van der Waals surface area contributed by atoms with Gasteiger partial charge in [-0.2, -0.15) is 0 Å². The van der Waals surface area contributed by atoms with Crippen LogP contribution in [0.4, 0.5) is 0 Å². The van der Waals surface area contributed by atoms with Gasteiger partial charge in [-0.05, 0) is 42.7 Å². The third kappa shape index (κ3) is 3.35. The Kier molecular flexibility index (Phi) is 4.61. The van der Waals surface area contributed by atoms with E-state index in [0.717, 1.165) is 32.4 Å². The van der Waals surface area contributed by atoms with Gasteiger partial charge in [0, 0.05) is 37.0 Å². The van der Waals surface area contributed by atoms with Gasteiger partial charge in [0.05, 0.1) is 11.8 Å². The zero-order valence-corrected chi connectivity index (χ0v) is 14.9. The fourth-order valence-corrected chi connectivity index (χ4v) is 4.78. The third-order valence-electron chi connectivity index (χ3n) is 5.38. The van der Waals surface area contributed by atoms with Crippen molar-refractivity contribution in [3.63, 3.8) is 0 Å². The molecule has 2 saturated heterocycles. The average Bonchev–Trinajstić information content (AvgIpc) is 3.33.